The number of carbonyl (C=O) groups is 1. The average molecular weight is 310 g/mol. The van der Waals surface area contributed by atoms with Gasteiger partial charge >= 0.3 is 0 Å². The van der Waals surface area contributed by atoms with E-state index in [1.54, 1.807) is 18.2 Å². The summed E-state index contributed by atoms with van der Waals surface area (Å²) in [6.07, 6.45) is 0. The van der Waals surface area contributed by atoms with E-state index in [-0.39, 0.29) is 24.4 Å². The average Bonchev–Trinajstić information content (AvgIpc) is 2.32. The van der Waals surface area contributed by atoms with Crippen LogP contribution >= 0.6 is 35.6 Å². The van der Waals surface area contributed by atoms with Gasteiger partial charge in [0, 0.05) is 30.7 Å². The molecule has 0 radical (unpaired) electrons. The molecule has 1 saturated heterocycles. The summed E-state index contributed by atoms with van der Waals surface area (Å²) in [5.74, 6) is -0.0495. The van der Waals surface area contributed by atoms with Crippen molar-refractivity contribution in [2.45, 2.75) is 13.0 Å². The first kappa shape index (κ1) is 15.6. The topological polar surface area (TPSA) is 32.3 Å². The van der Waals surface area contributed by atoms with E-state index in [1.807, 2.05) is 11.8 Å². The molecule has 6 heteroatoms. The molecule has 0 saturated carbocycles. The molecule has 1 aliphatic heterocycles. The number of halogens is 3. The third-order valence-corrected chi connectivity index (χ3v) is 3.49. The number of hydrogen-bond donors (Lipinski definition) is 1. The molecule has 1 heterocycles. The Hall–Kier alpha value is -0.480. The normalized spacial score (nSPS) is 19.3. The molecule has 100 valence electrons. The molecule has 18 heavy (non-hydrogen) atoms. The van der Waals surface area contributed by atoms with Gasteiger partial charge in [-0.1, -0.05) is 23.2 Å². The lowest BCUT2D eigenvalue weighted by Crippen LogP contribution is -2.52. The summed E-state index contributed by atoms with van der Waals surface area (Å²) in [5.41, 5.74) is 0.480. The van der Waals surface area contributed by atoms with Gasteiger partial charge in [0.05, 0.1) is 10.6 Å². The van der Waals surface area contributed by atoms with E-state index in [0.29, 0.717) is 22.2 Å². The lowest BCUT2D eigenvalue weighted by molar-refractivity contribution is 0.0656. The van der Waals surface area contributed by atoms with Crippen molar-refractivity contribution >= 4 is 41.5 Å². The molecule has 3 nitrogen and oxygen atoms in total. The van der Waals surface area contributed by atoms with Crippen LogP contribution in [0.5, 0.6) is 0 Å². The Balaban J connectivity index is 0.00000162. The van der Waals surface area contributed by atoms with Crippen molar-refractivity contribution in [3.05, 3.63) is 33.8 Å². The Bertz CT molecular complexity index is 439. The quantitative estimate of drug-likeness (QED) is 0.865. The summed E-state index contributed by atoms with van der Waals surface area (Å²) < 4.78 is 0. The second-order valence-electron chi connectivity index (χ2n) is 4.18. The highest BCUT2D eigenvalue weighted by atomic mass is 35.5. The zero-order valence-corrected chi connectivity index (χ0v) is 12.3. The maximum absolute atomic E-state index is 12.3. The minimum Gasteiger partial charge on any atom is -0.333 e. The molecule has 1 amide bonds. The van der Waals surface area contributed by atoms with Gasteiger partial charge in [-0.25, -0.2) is 0 Å². The van der Waals surface area contributed by atoms with E-state index in [9.17, 15) is 4.79 Å². The van der Waals surface area contributed by atoms with Gasteiger partial charge in [0.1, 0.15) is 0 Å². The fourth-order valence-electron chi connectivity index (χ4n) is 1.96. The van der Waals surface area contributed by atoms with Gasteiger partial charge < -0.3 is 10.2 Å². The largest absolute Gasteiger partial charge is 0.333 e. The van der Waals surface area contributed by atoms with Crippen LogP contribution in [0.15, 0.2) is 18.2 Å². The number of benzene rings is 1. The van der Waals surface area contributed by atoms with Gasteiger partial charge in [0.25, 0.3) is 5.91 Å². The summed E-state index contributed by atoms with van der Waals surface area (Å²) in [6.45, 7) is 4.34. The Morgan fingerprint density at radius 2 is 2.17 bits per heavy atom. The van der Waals surface area contributed by atoms with Crippen LogP contribution in [0, 0.1) is 0 Å². The first-order valence-electron chi connectivity index (χ1n) is 5.56. The summed E-state index contributed by atoms with van der Waals surface area (Å²) in [7, 11) is 0. The van der Waals surface area contributed by atoms with Crippen LogP contribution in [0.4, 0.5) is 0 Å². The minimum absolute atomic E-state index is 0. The molecule has 0 unspecified atom stereocenters. The summed E-state index contributed by atoms with van der Waals surface area (Å²) >= 11 is 11.9. The lowest BCUT2D eigenvalue weighted by Gasteiger charge is -2.34. The van der Waals surface area contributed by atoms with Crippen molar-refractivity contribution in [2.24, 2.45) is 0 Å². The molecule has 1 aromatic rings. The first-order chi connectivity index (χ1) is 8.09. The van der Waals surface area contributed by atoms with Gasteiger partial charge in [-0.2, -0.15) is 0 Å². The molecule has 1 aliphatic rings. The van der Waals surface area contributed by atoms with E-state index in [0.717, 1.165) is 13.1 Å². The van der Waals surface area contributed by atoms with E-state index < -0.39 is 0 Å². The van der Waals surface area contributed by atoms with Crippen molar-refractivity contribution < 1.29 is 4.79 Å². The maximum Gasteiger partial charge on any atom is 0.255 e. The molecule has 1 atom stereocenters. The molecule has 1 N–H and O–H groups in total. The van der Waals surface area contributed by atoms with E-state index >= 15 is 0 Å². The molecule has 1 fully saturated rings. The maximum atomic E-state index is 12.3. The van der Waals surface area contributed by atoms with Crippen LogP contribution in [0.2, 0.25) is 10.0 Å². The smallest absolute Gasteiger partial charge is 0.255 e. The highest BCUT2D eigenvalue weighted by Gasteiger charge is 2.25. The highest BCUT2D eigenvalue weighted by Crippen LogP contribution is 2.23. The molecule has 0 aromatic heterocycles. The van der Waals surface area contributed by atoms with Gasteiger partial charge in [0.15, 0.2) is 0 Å². The minimum atomic E-state index is -0.0495. The van der Waals surface area contributed by atoms with E-state index in [2.05, 4.69) is 5.32 Å². The number of nitrogens with zero attached hydrogens (tertiary/aromatic N) is 1. The predicted molar refractivity (Wildman–Crippen MR) is 77.1 cm³/mol. The summed E-state index contributed by atoms with van der Waals surface area (Å²) in [4.78, 5) is 14.2. The van der Waals surface area contributed by atoms with E-state index in [4.69, 9.17) is 23.2 Å². The Morgan fingerprint density at radius 3 is 2.83 bits per heavy atom. The van der Waals surface area contributed by atoms with Gasteiger partial charge in [-0.05, 0) is 25.1 Å². The molecule has 0 aliphatic carbocycles. The molecular weight excluding hydrogens is 295 g/mol. The number of nitrogens with one attached hydrogen (secondary N) is 1. The van der Waals surface area contributed by atoms with Crippen LogP contribution in [-0.4, -0.2) is 36.5 Å². The molecule has 0 bridgehead atoms. The fourth-order valence-corrected chi connectivity index (χ4v) is 2.33. The van der Waals surface area contributed by atoms with Crippen LogP contribution < -0.4 is 5.32 Å². The number of carbonyl (C=O) groups excluding carboxylic acids is 1. The third-order valence-electron chi connectivity index (χ3n) is 2.92. The second kappa shape index (κ2) is 6.62. The number of rotatable bonds is 1. The van der Waals surface area contributed by atoms with Crippen molar-refractivity contribution in [2.75, 3.05) is 19.6 Å². The number of hydrogen-bond acceptors (Lipinski definition) is 2. The zero-order valence-electron chi connectivity index (χ0n) is 9.95. The lowest BCUT2D eigenvalue weighted by atomic mass is 10.1. The number of amides is 1. The standard InChI is InChI=1S/C12H14Cl2N2O.ClH/c1-8-7-15-4-5-16(8)12(17)10-6-9(13)2-3-11(10)14;/h2-3,6,8,15H,4-5,7H2,1H3;1H/t8-;/m0./s1. The predicted octanol–water partition coefficient (Wildman–Crippen LogP) is 2.85. The summed E-state index contributed by atoms with van der Waals surface area (Å²) in [5, 5.41) is 4.22. The van der Waals surface area contributed by atoms with Crippen LogP contribution in [0.25, 0.3) is 0 Å². The monoisotopic (exact) mass is 308 g/mol. The van der Waals surface area contributed by atoms with Gasteiger partial charge in [-0.3, -0.25) is 4.79 Å². The van der Waals surface area contributed by atoms with Crippen molar-refractivity contribution in [3.8, 4) is 0 Å². The highest BCUT2D eigenvalue weighted by molar-refractivity contribution is 6.35. The van der Waals surface area contributed by atoms with Crippen LogP contribution in [-0.2, 0) is 0 Å². The molecule has 2 rings (SSSR count). The number of piperazine rings is 1. The van der Waals surface area contributed by atoms with Gasteiger partial charge in [-0.15, -0.1) is 12.4 Å². The molecular formula is C12H15Cl3N2O. The van der Waals surface area contributed by atoms with Crippen molar-refractivity contribution in [1.82, 2.24) is 10.2 Å². The van der Waals surface area contributed by atoms with Crippen LogP contribution in [0.3, 0.4) is 0 Å². The SMILES string of the molecule is C[C@H]1CNCCN1C(=O)c1cc(Cl)ccc1Cl.Cl. The zero-order chi connectivity index (χ0) is 12.4. The third kappa shape index (κ3) is 3.29. The van der Waals surface area contributed by atoms with E-state index in [1.165, 1.54) is 0 Å². The Kier molecular flexibility index (Phi) is 5.73. The van der Waals surface area contributed by atoms with Gasteiger partial charge in [0.2, 0.25) is 0 Å². The second-order valence-corrected chi connectivity index (χ2v) is 5.02. The van der Waals surface area contributed by atoms with Crippen LogP contribution in [0.1, 0.15) is 17.3 Å². The van der Waals surface area contributed by atoms with Crippen molar-refractivity contribution in [3.63, 3.8) is 0 Å². The van der Waals surface area contributed by atoms with Crippen molar-refractivity contribution in [1.29, 1.82) is 0 Å². The molecule has 0 spiro atoms. The summed E-state index contributed by atoms with van der Waals surface area (Å²) in [6, 6.07) is 5.14. The fraction of sp³-hybridized carbons (Fsp3) is 0.417. The molecule has 1 aromatic carbocycles. The Labute approximate surface area is 123 Å². The Morgan fingerprint density at radius 1 is 1.44 bits per heavy atom. The first-order valence-corrected chi connectivity index (χ1v) is 6.32.